The SMILES string of the molecule is C[C@@H]1C[C@H](c2ncc(-c3ccc4nccn4c3)[nH]2)n2c1cc(-c1c(-n3cnnn3)ccc(Cl)c1F)cc2=O. The van der Waals surface area contributed by atoms with E-state index in [1.807, 2.05) is 41.9 Å². The molecule has 1 aromatic carbocycles. The molecule has 10 nitrogen and oxygen atoms in total. The number of aromatic nitrogens is 9. The highest BCUT2D eigenvalue weighted by atomic mass is 35.5. The van der Waals surface area contributed by atoms with Gasteiger partial charge in [0, 0.05) is 41.5 Å². The summed E-state index contributed by atoms with van der Waals surface area (Å²) in [6.45, 7) is 2.04. The summed E-state index contributed by atoms with van der Waals surface area (Å²) in [7, 11) is 0. The summed E-state index contributed by atoms with van der Waals surface area (Å²) in [4.78, 5) is 25.8. The zero-order valence-corrected chi connectivity index (χ0v) is 20.7. The predicted octanol–water partition coefficient (Wildman–Crippen LogP) is 4.42. The van der Waals surface area contributed by atoms with E-state index in [2.05, 4.69) is 30.5 Å². The summed E-state index contributed by atoms with van der Waals surface area (Å²) in [5, 5.41) is 11.1. The molecule has 0 amide bonds. The lowest BCUT2D eigenvalue weighted by Gasteiger charge is -2.16. The molecule has 188 valence electrons. The van der Waals surface area contributed by atoms with Gasteiger partial charge in [-0.3, -0.25) is 4.79 Å². The van der Waals surface area contributed by atoms with Gasteiger partial charge in [-0.1, -0.05) is 18.5 Å². The van der Waals surface area contributed by atoms with Gasteiger partial charge in [0.05, 0.1) is 28.6 Å². The number of fused-ring (bicyclic) bond motifs is 2. The third-order valence-corrected chi connectivity index (χ3v) is 7.35. The van der Waals surface area contributed by atoms with Crippen LogP contribution in [0.4, 0.5) is 4.39 Å². The number of imidazole rings is 2. The summed E-state index contributed by atoms with van der Waals surface area (Å²) in [6, 6.07) is 9.96. The van der Waals surface area contributed by atoms with Gasteiger partial charge in [0.15, 0.2) is 5.82 Å². The van der Waals surface area contributed by atoms with Crippen LogP contribution in [0.1, 0.15) is 36.8 Å². The second-order valence-electron chi connectivity index (χ2n) is 9.33. The highest BCUT2D eigenvalue weighted by Gasteiger charge is 2.33. The fourth-order valence-electron chi connectivity index (χ4n) is 5.26. The molecule has 38 heavy (non-hydrogen) atoms. The van der Waals surface area contributed by atoms with Crippen LogP contribution >= 0.6 is 11.6 Å². The number of aromatic amines is 1. The van der Waals surface area contributed by atoms with Crippen molar-refractivity contribution in [2.45, 2.75) is 25.3 Å². The molecule has 6 aromatic rings. The molecule has 1 N–H and O–H groups in total. The van der Waals surface area contributed by atoms with Gasteiger partial charge in [-0.25, -0.2) is 14.4 Å². The van der Waals surface area contributed by atoms with Crippen molar-refractivity contribution in [3.05, 3.63) is 100 Å². The molecular formula is C26H19ClFN9O. The number of nitrogens with one attached hydrogen (secondary N) is 1. The normalized spacial score (nSPS) is 16.8. The van der Waals surface area contributed by atoms with E-state index in [1.165, 1.54) is 23.1 Å². The first-order valence-corrected chi connectivity index (χ1v) is 12.3. The minimum atomic E-state index is -0.642. The van der Waals surface area contributed by atoms with Crippen molar-refractivity contribution < 1.29 is 4.39 Å². The lowest BCUT2D eigenvalue weighted by atomic mass is 9.99. The monoisotopic (exact) mass is 527 g/mol. The molecule has 6 heterocycles. The fourth-order valence-corrected chi connectivity index (χ4v) is 5.42. The number of tetrazole rings is 1. The van der Waals surface area contributed by atoms with Crippen molar-refractivity contribution >= 4 is 17.2 Å². The molecule has 0 saturated carbocycles. The molecule has 7 rings (SSSR count). The second-order valence-corrected chi connectivity index (χ2v) is 9.74. The minimum absolute atomic E-state index is 0.0298. The minimum Gasteiger partial charge on any atom is -0.340 e. The van der Waals surface area contributed by atoms with E-state index < -0.39 is 5.82 Å². The van der Waals surface area contributed by atoms with Gasteiger partial charge in [-0.15, -0.1) is 5.10 Å². The van der Waals surface area contributed by atoms with Crippen LogP contribution in [0.25, 0.3) is 33.7 Å². The van der Waals surface area contributed by atoms with E-state index in [-0.39, 0.29) is 28.1 Å². The number of rotatable bonds is 4. The molecule has 5 aromatic heterocycles. The standard InChI is InChI=1S/C26H19ClFN9O/c1-14-8-21(26-30-11-18(32-26)15-2-5-22-29-6-7-35(22)12-15)37-20(14)9-16(10-23(37)38)24-19(36-13-31-33-34-36)4-3-17(27)25(24)28/h2-7,9-14,21H,8H2,1H3,(H,30,32)/t14-,21-/m1/s1. The predicted molar refractivity (Wildman–Crippen MR) is 138 cm³/mol. The smallest absolute Gasteiger partial charge is 0.252 e. The van der Waals surface area contributed by atoms with E-state index in [4.69, 9.17) is 11.6 Å². The van der Waals surface area contributed by atoms with Gasteiger partial charge in [0.2, 0.25) is 0 Å². The Morgan fingerprint density at radius 3 is 2.87 bits per heavy atom. The summed E-state index contributed by atoms with van der Waals surface area (Å²) in [5.74, 6) is 0.0773. The van der Waals surface area contributed by atoms with Crippen LogP contribution in [-0.2, 0) is 0 Å². The highest BCUT2D eigenvalue weighted by molar-refractivity contribution is 6.31. The van der Waals surface area contributed by atoms with Crippen LogP contribution in [0.2, 0.25) is 5.02 Å². The molecule has 0 spiro atoms. The van der Waals surface area contributed by atoms with Crippen molar-refractivity contribution in [2.24, 2.45) is 0 Å². The zero-order chi connectivity index (χ0) is 26.0. The Kier molecular flexibility index (Phi) is 5.02. The van der Waals surface area contributed by atoms with Gasteiger partial charge in [0.1, 0.15) is 17.8 Å². The Hall–Kier alpha value is -4.64. The average Bonchev–Trinajstić information content (AvgIpc) is 3.72. The largest absolute Gasteiger partial charge is 0.340 e. The maximum atomic E-state index is 15.4. The number of pyridine rings is 2. The number of hydrogen-bond donors (Lipinski definition) is 1. The Bertz CT molecular complexity index is 1890. The summed E-state index contributed by atoms with van der Waals surface area (Å²) in [6.07, 6.45) is 9.42. The van der Waals surface area contributed by atoms with Crippen LogP contribution in [-0.4, -0.2) is 44.1 Å². The third-order valence-electron chi connectivity index (χ3n) is 7.06. The number of H-pyrrole nitrogens is 1. The van der Waals surface area contributed by atoms with Crippen LogP contribution in [0.5, 0.6) is 0 Å². The Morgan fingerprint density at radius 1 is 1.13 bits per heavy atom. The van der Waals surface area contributed by atoms with Gasteiger partial charge in [-0.05, 0) is 58.7 Å². The van der Waals surface area contributed by atoms with Crippen molar-refractivity contribution in [1.29, 1.82) is 0 Å². The number of benzene rings is 1. The summed E-state index contributed by atoms with van der Waals surface area (Å²) >= 11 is 6.13. The molecule has 0 fully saturated rings. The molecular weight excluding hydrogens is 509 g/mol. The molecule has 0 radical (unpaired) electrons. The van der Waals surface area contributed by atoms with Crippen molar-refractivity contribution in [3.63, 3.8) is 0 Å². The van der Waals surface area contributed by atoms with Gasteiger partial charge in [-0.2, -0.15) is 4.68 Å². The average molecular weight is 528 g/mol. The molecule has 0 saturated heterocycles. The number of halogens is 2. The Balaban J connectivity index is 1.31. The van der Waals surface area contributed by atoms with Crippen molar-refractivity contribution in [3.8, 4) is 28.1 Å². The fraction of sp³-hybridized carbons (Fsp3) is 0.154. The lowest BCUT2D eigenvalue weighted by molar-refractivity contribution is 0.557. The van der Waals surface area contributed by atoms with Crippen LogP contribution in [0.3, 0.4) is 0 Å². The first kappa shape index (κ1) is 22.5. The summed E-state index contributed by atoms with van der Waals surface area (Å²) in [5.41, 5.74) is 4.14. The molecule has 12 heteroatoms. The van der Waals surface area contributed by atoms with E-state index in [0.29, 0.717) is 23.5 Å². The van der Waals surface area contributed by atoms with Crippen LogP contribution in [0.15, 0.2) is 72.3 Å². The van der Waals surface area contributed by atoms with E-state index in [1.54, 1.807) is 23.0 Å². The van der Waals surface area contributed by atoms with Crippen molar-refractivity contribution in [1.82, 2.24) is 44.1 Å². The first-order valence-electron chi connectivity index (χ1n) is 11.9. The van der Waals surface area contributed by atoms with Crippen LogP contribution in [0, 0.1) is 5.82 Å². The van der Waals surface area contributed by atoms with E-state index in [9.17, 15) is 4.79 Å². The Morgan fingerprint density at radius 2 is 2.03 bits per heavy atom. The highest BCUT2D eigenvalue weighted by Crippen LogP contribution is 2.40. The molecule has 0 unspecified atom stereocenters. The topological polar surface area (TPSA) is 112 Å². The third kappa shape index (κ3) is 3.46. The quantitative estimate of drug-likeness (QED) is 0.363. The Labute approximate surface area is 219 Å². The molecule has 0 aliphatic carbocycles. The molecule has 1 aliphatic heterocycles. The second kappa shape index (κ2) is 8.45. The van der Waals surface area contributed by atoms with Gasteiger partial charge >= 0.3 is 0 Å². The van der Waals surface area contributed by atoms with Crippen LogP contribution < -0.4 is 5.56 Å². The van der Waals surface area contributed by atoms with Gasteiger partial charge < -0.3 is 14.0 Å². The lowest BCUT2D eigenvalue weighted by Crippen LogP contribution is -2.24. The van der Waals surface area contributed by atoms with E-state index >= 15 is 4.39 Å². The molecule has 1 aliphatic rings. The number of nitrogens with zero attached hydrogens (tertiary/aromatic N) is 8. The maximum absolute atomic E-state index is 15.4. The first-order chi connectivity index (χ1) is 18.5. The number of hydrogen-bond acceptors (Lipinski definition) is 6. The zero-order valence-electron chi connectivity index (χ0n) is 20.0. The maximum Gasteiger partial charge on any atom is 0.252 e. The van der Waals surface area contributed by atoms with Crippen molar-refractivity contribution in [2.75, 3.05) is 0 Å². The molecule has 2 atom stereocenters. The van der Waals surface area contributed by atoms with Gasteiger partial charge in [0.25, 0.3) is 5.56 Å². The molecule has 0 bridgehead atoms. The summed E-state index contributed by atoms with van der Waals surface area (Å²) < 4.78 is 20.4. The van der Waals surface area contributed by atoms with E-state index in [0.717, 1.165) is 22.6 Å².